The lowest BCUT2D eigenvalue weighted by molar-refractivity contribution is 0.101. The van der Waals surface area contributed by atoms with Gasteiger partial charge in [0, 0.05) is 6.20 Å². The second-order valence-electron chi connectivity index (χ2n) is 3.70. The molecule has 0 spiro atoms. The topological polar surface area (TPSA) is 59.2 Å². The number of pyridine rings is 1. The summed E-state index contributed by atoms with van der Waals surface area (Å²) in [4.78, 5) is 26.2. The SMILES string of the molecule is CCOc1cccc2c(=O)c(C(C)=O)c[nH]c12. The Bertz CT molecular complexity index is 628. The molecule has 4 nitrogen and oxygen atoms in total. The minimum atomic E-state index is -0.257. The Morgan fingerprint density at radius 2 is 2.18 bits per heavy atom. The summed E-state index contributed by atoms with van der Waals surface area (Å²) >= 11 is 0. The first kappa shape index (κ1) is 11.4. The van der Waals surface area contributed by atoms with Gasteiger partial charge >= 0.3 is 0 Å². The van der Waals surface area contributed by atoms with Gasteiger partial charge in [-0.3, -0.25) is 9.59 Å². The Labute approximate surface area is 98.2 Å². The van der Waals surface area contributed by atoms with Crippen molar-refractivity contribution >= 4 is 16.7 Å². The molecule has 17 heavy (non-hydrogen) atoms. The predicted octanol–water partition coefficient (Wildman–Crippen LogP) is 2.13. The number of rotatable bonds is 3. The lowest BCUT2D eigenvalue weighted by Gasteiger charge is -2.07. The smallest absolute Gasteiger partial charge is 0.200 e. The average molecular weight is 231 g/mol. The van der Waals surface area contributed by atoms with E-state index in [0.717, 1.165) is 0 Å². The third-order valence-electron chi connectivity index (χ3n) is 2.56. The number of fused-ring (bicyclic) bond motifs is 1. The highest BCUT2D eigenvalue weighted by Crippen LogP contribution is 2.21. The van der Waals surface area contributed by atoms with E-state index in [9.17, 15) is 9.59 Å². The van der Waals surface area contributed by atoms with Gasteiger partial charge in [0.15, 0.2) is 11.2 Å². The van der Waals surface area contributed by atoms with Crippen molar-refractivity contribution in [1.29, 1.82) is 0 Å². The summed E-state index contributed by atoms with van der Waals surface area (Å²) in [5, 5.41) is 0.476. The van der Waals surface area contributed by atoms with Gasteiger partial charge < -0.3 is 9.72 Å². The molecule has 0 bridgehead atoms. The molecule has 0 aliphatic rings. The minimum Gasteiger partial charge on any atom is -0.492 e. The number of aromatic nitrogens is 1. The summed E-state index contributed by atoms with van der Waals surface area (Å²) in [6, 6.07) is 5.21. The lowest BCUT2D eigenvalue weighted by atomic mass is 10.1. The van der Waals surface area contributed by atoms with Crippen molar-refractivity contribution in [2.24, 2.45) is 0 Å². The van der Waals surface area contributed by atoms with Crippen molar-refractivity contribution in [2.45, 2.75) is 13.8 Å². The first-order chi connectivity index (χ1) is 8.15. The maximum Gasteiger partial charge on any atom is 0.200 e. The van der Waals surface area contributed by atoms with E-state index in [-0.39, 0.29) is 16.8 Å². The monoisotopic (exact) mass is 231 g/mol. The van der Waals surface area contributed by atoms with Gasteiger partial charge in [0.1, 0.15) is 5.75 Å². The van der Waals surface area contributed by atoms with Crippen molar-refractivity contribution in [3.8, 4) is 5.75 Å². The molecule has 1 aromatic carbocycles. The molecule has 0 aliphatic carbocycles. The highest BCUT2D eigenvalue weighted by molar-refractivity contribution is 5.97. The molecular weight excluding hydrogens is 218 g/mol. The zero-order valence-corrected chi connectivity index (χ0v) is 9.74. The Balaban J connectivity index is 2.76. The number of hydrogen-bond donors (Lipinski definition) is 1. The number of para-hydroxylation sites is 1. The van der Waals surface area contributed by atoms with Gasteiger partial charge in [-0.2, -0.15) is 0 Å². The van der Waals surface area contributed by atoms with Gasteiger partial charge in [-0.15, -0.1) is 0 Å². The van der Waals surface area contributed by atoms with Crippen LogP contribution in [0.5, 0.6) is 5.75 Å². The molecule has 0 saturated heterocycles. The molecule has 1 heterocycles. The molecular formula is C13H13NO3. The lowest BCUT2D eigenvalue weighted by Crippen LogP contribution is -2.14. The van der Waals surface area contributed by atoms with Crippen molar-refractivity contribution in [3.05, 3.63) is 40.2 Å². The van der Waals surface area contributed by atoms with Crippen molar-refractivity contribution in [2.75, 3.05) is 6.61 Å². The van der Waals surface area contributed by atoms with Gasteiger partial charge in [-0.1, -0.05) is 6.07 Å². The predicted molar refractivity (Wildman–Crippen MR) is 65.7 cm³/mol. The largest absolute Gasteiger partial charge is 0.492 e. The number of Topliss-reactive ketones (excluding diaryl/α,β-unsaturated/α-hetero) is 1. The van der Waals surface area contributed by atoms with Gasteiger partial charge in [0.25, 0.3) is 0 Å². The van der Waals surface area contributed by atoms with E-state index in [0.29, 0.717) is 23.3 Å². The molecule has 1 aromatic heterocycles. The summed E-state index contributed by atoms with van der Waals surface area (Å²) in [5.74, 6) is 0.382. The van der Waals surface area contributed by atoms with Crippen LogP contribution < -0.4 is 10.2 Å². The zero-order chi connectivity index (χ0) is 12.4. The number of H-pyrrole nitrogens is 1. The van der Waals surface area contributed by atoms with Gasteiger partial charge in [0.05, 0.1) is 23.1 Å². The second-order valence-corrected chi connectivity index (χ2v) is 3.70. The molecule has 4 heteroatoms. The van der Waals surface area contributed by atoms with E-state index in [1.54, 1.807) is 18.2 Å². The van der Waals surface area contributed by atoms with E-state index in [1.807, 2.05) is 6.92 Å². The zero-order valence-electron chi connectivity index (χ0n) is 9.74. The molecule has 1 N–H and O–H groups in total. The van der Waals surface area contributed by atoms with E-state index in [4.69, 9.17) is 4.74 Å². The first-order valence-electron chi connectivity index (χ1n) is 5.43. The van der Waals surface area contributed by atoms with Gasteiger partial charge in [-0.25, -0.2) is 0 Å². The molecule has 2 aromatic rings. The van der Waals surface area contributed by atoms with Crippen LogP contribution >= 0.6 is 0 Å². The van der Waals surface area contributed by atoms with Crippen molar-refractivity contribution < 1.29 is 9.53 Å². The summed E-state index contributed by atoms with van der Waals surface area (Å²) in [6.45, 7) is 3.78. The van der Waals surface area contributed by atoms with Crippen LogP contribution in [0.2, 0.25) is 0 Å². The summed E-state index contributed by atoms with van der Waals surface area (Å²) in [5.41, 5.74) is 0.545. The maximum absolute atomic E-state index is 12.0. The fourth-order valence-corrected chi connectivity index (χ4v) is 1.76. The highest BCUT2D eigenvalue weighted by Gasteiger charge is 2.11. The number of hydrogen-bond acceptors (Lipinski definition) is 3. The summed E-state index contributed by atoms with van der Waals surface area (Å²) < 4.78 is 5.42. The average Bonchev–Trinajstić information content (AvgIpc) is 2.30. The van der Waals surface area contributed by atoms with Crippen LogP contribution in [0, 0.1) is 0 Å². The van der Waals surface area contributed by atoms with Crippen LogP contribution in [0.4, 0.5) is 0 Å². The molecule has 88 valence electrons. The van der Waals surface area contributed by atoms with Crippen molar-refractivity contribution in [1.82, 2.24) is 4.98 Å². The molecule has 0 atom stereocenters. The van der Waals surface area contributed by atoms with Crippen LogP contribution in [0.25, 0.3) is 10.9 Å². The van der Waals surface area contributed by atoms with E-state index >= 15 is 0 Å². The third kappa shape index (κ3) is 1.93. The van der Waals surface area contributed by atoms with Crippen LogP contribution in [0.15, 0.2) is 29.2 Å². The molecule has 0 saturated carbocycles. The normalized spacial score (nSPS) is 10.5. The van der Waals surface area contributed by atoms with Crippen LogP contribution in [0.3, 0.4) is 0 Å². The molecule has 0 unspecified atom stereocenters. The molecule has 2 rings (SSSR count). The number of carbonyl (C=O) groups excluding carboxylic acids is 1. The van der Waals surface area contributed by atoms with Crippen LogP contribution in [-0.2, 0) is 0 Å². The maximum atomic E-state index is 12.0. The Kier molecular flexibility index (Phi) is 2.95. The van der Waals surface area contributed by atoms with Gasteiger partial charge in [-0.05, 0) is 26.0 Å². The Morgan fingerprint density at radius 3 is 2.82 bits per heavy atom. The number of carbonyl (C=O) groups is 1. The Morgan fingerprint density at radius 1 is 1.41 bits per heavy atom. The minimum absolute atomic E-state index is 0.172. The molecule has 0 aliphatic heterocycles. The second kappa shape index (κ2) is 4.41. The van der Waals surface area contributed by atoms with Crippen molar-refractivity contribution in [3.63, 3.8) is 0 Å². The molecule has 0 amide bonds. The quantitative estimate of drug-likeness (QED) is 0.823. The number of benzene rings is 1. The number of nitrogens with one attached hydrogen (secondary N) is 1. The van der Waals surface area contributed by atoms with E-state index in [1.165, 1.54) is 13.1 Å². The summed E-state index contributed by atoms with van der Waals surface area (Å²) in [6.07, 6.45) is 1.44. The fraction of sp³-hybridized carbons (Fsp3) is 0.231. The van der Waals surface area contributed by atoms with E-state index < -0.39 is 0 Å². The fourth-order valence-electron chi connectivity index (χ4n) is 1.76. The third-order valence-corrected chi connectivity index (χ3v) is 2.56. The number of ether oxygens (including phenoxy) is 1. The molecule has 0 fully saturated rings. The number of ketones is 1. The van der Waals surface area contributed by atoms with Gasteiger partial charge in [0.2, 0.25) is 0 Å². The molecule has 0 radical (unpaired) electrons. The summed E-state index contributed by atoms with van der Waals surface area (Å²) in [7, 11) is 0. The van der Waals surface area contributed by atoms with Crippen LogP contribution in [0.1, 0.15) is 24.2 Å². The highest BCUT2D eigenvalue weighted by atomic mass is 16.5. The van der Waals surface area contributed by atoms with E-state index in [2.05, 4.69) is 4.98 Å². The standard InChI is InChI=1S/C13H13NO3/c1-3-17-11-6-4-5-9-12(11)14-7-10(8(2)15)13(9)16/h4-7H,3H2,1-2H3,(H,14,16). The Hall–Kier alpha value is -2.10. The first-order valence-corrected chi connectivity index (χ1v) is 5.43. The number of aromatic amines is 1. The van der Waals surface area contributed by atoms with Crippen LogP contribution in [-0.4, -0.2) is 17.4 Å².